The molecular weight excluding hydrogens is 180 g/mol. The maximum atomic E-state index is 8.99. The molecule has 0 aliphatic heterocycles. The summed E-state index contributed by atoms with van der Waals surface area (Å²) in [6.45, 7) is 1.80. The highest BCUT2D eigenvalue weighted by Gasteiger charge is 2.00. The van der Waals surface area contributed by atoms with Gasteiger partial charge in [0.25, 0.3) is 0 Å². The van der Waals surface area contributed by atoms with Gasteiger partial charge in [-0.25, -0.2) is 0 Å². The van der Waals surface area contributed by atoms with Crippen LogP contribution in [0.1, 0.15) is 18.2 Å². The minimum absolute atomic E-state index is 0.212. The Labute approximate surface area is 75.6 Å². The number of thiophene rings is 1. The molecule has 0 aromatic carbocycles. The van der Waals surface area contributed by atoms with Gasteiger partial charge in [-0.2, -0.15) is 0 Å². The standard InChI is InChI=1S/C8H11ClOS/c1-6(10)2-3-8-4-7(9)5-11-8/h4-6,10H,2-3H2,1H3/t6-/m1/s1. The van der Waals surface area contributed by atoms with E-state index in [1.54, 1.807) is 18.3 Å². The molecule has 3 heteroatoms. The van der Waals surface area contributed by atoms with Crippen LogP contribution < -0.4 is 0 Å². The maximum absolute atomic E-state index is 8.99. The summed E-state index contributed by atoms with van der Waals surface area (Å²) in [5.74, 6) is 0. The molecule has 0 radical (unpaired) electrons. The van der Waals surface area contributed by atoms with E-state index in [0.717, 1.165) is 17.9 Å². The first kappa shape index (κ1) is 9.04. The van der Waals surface area contributed by atoms with Gasteiger partial charge in [-0.3, -0.25) is 0 Å². The normalized spacial score (nSPS) is 13.4. The summed E-state index contributed by atoms with van der Waals surface area (Å²) in [6.07, 6.45) is 1.53. The minimum Gasteiger partial charge on any atom is -0.393 e. The molecule has 0 fully saturated rings. The second kappa shape index (κ2) is 4.10. The van der Waals surface area contributed by atoms with Gasteiger partial charge in [0.1, 0.15) is 0 Å². The zero-order valence-corrected chi connectivity index (χ0v) is 7.95. The van der Waals surface area contributed by atoms with Crippen molar-refractivity contribution >= 4 is 22.9 Å². The van der Waals surface area contributed by atoms with Crippen LogP contribution in [0.4, 0.5) is 0 Å². The number of rotatable bonds is 3. The number of aliphatic hydroxyl groups is 1. The highest BCUT2D eigenvalue weighted by Crippen LogP contribution is 2.20. The van der Waals surface area contributed by atoms with Crippen LogP contribution in [0, 0.1) is 0 Å². The molecule has 0 aliphatic carbocycles. The maximum Gasteiger partial charge on any atom is 0.0515 e. The SMILES string of the molecule is C[C@@H](O)CCc1cc(Cl)cs1. The number of aryl methyl sites for hydroxylation is 1. The Balaban J connectivity index is 2.39. The third-order valence-corrected chi connectivity index (χ3v) is 2.77. The summed E-state index contributed by atoms with van der Waals surface area (Å²) in [5.41, 5.74) is 0. The summed E-state index contributed by atoms with van der Waals surface area (Å²) in [6, 6.07) is 1.95. The van der Waals surface area contributed by atoms with Gasteiger partial charge < -0.3 is 5.11 Å². The zero-order valence-electron chi connectivity index (χ0n) is 6.38. The summed E-state index contributed by atoms with van der Waals surface area (Å²) < 4.78 is 0. The fraction of sp³-hybridized carbons (Fsp3) is 0.500. The lowest BCUT2D eigenvalue weighted by Crippen LogP contribution is -1.99. The van der Waals surface area contributed by atoms with Crippen LogP contribution in [-0.4, -0.2) is 11.2 Å². The molecule has 0 unspecified atom stereocenters. The van der Waals surface area contributed by atoms with E-state index in [0.29, 0.717) is 0 Å². The lowest BCUT2D eigenvalue weighted by Gasteiger charge is -1.99. The van der Waals surface area contributed by atoms with E-state index in [-0.39, 0.29) is 6.10 Å². The third-order valence-electron chi connectivity index (χ3n) is 1.43. The van der Waals surface area contributed by atoms with E-state index in [9.17, 15) is 0 Å². The Morgan fingerprint density at radius 2 is 2.45 bits per heavy atom. The van der Waals surface area contributed by atoms with Crippen molar-refractivity contribution < 1.29 is 5.11 Å². The van der Waals surface area contributed by atoms with Crippen molar-refractivity contribution in [2.75, 3.05) is 0 Å². The number of hydrogen-bond acceptors (Lipinski definition) is 2. The van der Waals surface area contributed by atoms with Crippen LogP contribution in [0.3, 0.4) is 0 Å². The van der Waals surface area contributed by atoms with Crippen molar-refractivity contribution in [3.63, 3.8) is 0 Å². The molecule has 0 saturated carbocycles. The molecule has 1 aromatic rings. The molecule has 1 nitrogen and oxygen atoms in total. The number of hydrogen-bond donors (Lipinski definition) is 1. The molecule has 1 heterocycles. The van der Waals surface area contributed by atoms with E-state index < -0.39 is 0 Å². The highest BCUT2D eigenvalue weighted by atomic mass is 35.5. The van der Waals surface area contributed by atoms with Gasteiger partial charge in [0, 0.05) is 10.3 Å². The first-order valence-electron chi connectivity index (χ1n) is 3.59. The van der Waals surface area contributed by atoms with Crippen molar-refractivity contribution in [3.05, 3.63) is 21.3 Å². The van der Waals surface area contributed by atoms with Crippen LogP contribution in [0.25, 0.3) is 0 Å². The zero-order chi connectivity index (χ0) is 8.27. The Morgan fingerprint density at radius 1 is 1.73 bits per heavy atom. The predicted octanol–water partition coefficient (Wildman–Crippen LogP) is 2.71. The molecule has 0 bridgehead atoms. The van der Waals surface area contributed by atoms with Crippen LogP contribution in [0.5, 0.6) is 0 Å². The van der Waals surface area contributed by atoms with Crippen LogP contribution in [-0.2, 0) is 6.42 Å². The first-order valence-corrected chi connectivity index (χ1v) is 4.85. The molecule has 1 N–H and O–H groups in total. The van der Waals surface area contributed by atoms with Gasteiger partial charge in [-0.05, 0) is 25.8 Å². The fourth-order valence-corrected chi connectivity index (χ4v) is 1.93. The number of aliphatic hydroxyl groups excluding tert-OH is 1. The second-order valence-corrected chi connectivity index (χ2v) is 4.05. The van der Waals surface area contributed by atoms with Crippen molar-refractivity contribution in [3.8, 4) is 0 Å². The van der Waals surface area contributed by atoms with Crippen molar-refractivity contribution in [2.45, 2.75) is 25.9 Å². The lowest BCUT2D eigenvalue weighted by molar-refractivity contribution is 0.185. The van der Waals surface area contributed by atoms with E-state index in [2.05, 4.69) is 0 Å². The van der Waals surface area contributed by atoms with Crippen molar-refractivity contribution in [1.82, 2.24) is 0 Å². The molecule has 1 rings (SSSR count). The summed E-state index contributed by atoms with van der Waals surface area (Å²) in [4.78, 5) is 1.25. The molecule has 0 saturated heterocycles. The summed E-state index contributed by atoms with van der Waals surface area (Å²) in [5, 5.41) is 11.7. The molecule has 0 spiro atoms. The third kappa shape index (κ3) is 3.23. The van der Waals surface area contributed by atoms with E-state index in [1.165, 1.54) is 4.88 Å². The fourth-order valence-electron chi connectivity index (χ4n) is 0.836. The summed E-state index contributed by atoms with van der Waals surface area (Å²) in [7, 11) is 0. The topological polar surface area (TPSA) is 20.2 Å². The van der Waals surface area contributed by atoms with E-state index in [1.807, 2.05) is 11.4 Å². The van der Waals surface area contributed by atoms with Gasteiger partial charge in [-0.15, -0.1) is 11.3 Å². The molecule has 1 aromatic heterocycles. The molecular formula is C8H11ClOS. The smallest absolute Gasteiger partial charge is 0.0515 e. The summed E-state index contributed by atoms with van der Waals surface area (Å²) >= 11 is 7.37. The molecule has 62 valence electrons. The van der Waals surface area contributed by atoms with Crippen LogP contribution in [0.15, 0.2) is 11.4 Å². The Morgan fingerprint density at radius 3 is 2.91 bits per heavy atom. The molecule has 11 heavy (non-hydrogen) atoms. The second-order valence-electron chi connectivity index (χ2n) is 2.62. The molecule has 0 aliphatic rings. The van der Waals surface area contributed by atoms with E-state index in [4.69, 9.17) is 16.7 Å². The van der Waals surface area contributed by atoms with Crippen molar-refractivity contribution in [2.24, 2.45) is 0 Å². The van der Waals surface area contributed by atoms with Gasteiger partial charge in [0.05, 0.1) is 11.1 Å². The molecule has 0 amide bonds. The molecule has 1 atom stereocenters. The Hall–Kier alpha value is -0.0500. The largest absolute Gasteiger partial charge is 0.393 e. The first-order chi connectivity index (χ1) is 5.18. The van der Waals surface area contributed by atoms with Crippen molar-refractivity contribution in [1.29, 1.82) is 0 Å². The average Bonchev–Trinajstić information content (AvgIpc) is 2.31. The number of halogens is 1. The van der Waals surface area contributed by atoms with Gasteiger partial charge in [0.2, 0.25) is 0 Å². The average molecular weight is 191 g/mol. The highest BCUT2D eigenvalue weighted by molar-refractivity contribution is 7.10. The lowest BCUT2D eigenvalue weighted by atomic mass is 10.2. The van der Waals surface area contributed by atoms with E-state index >= 15 is 0 Å². The predicted molar refractivity (Wildman–Crippen MR) is 49.3 cm³/mol. The Bertz CT molecular complexity index is 220. The van der Waals surface area contributed by atoms with Crippen LogP contribution >= 0.6 is 22.9 Å². The quantitative estimate of drug-likeness (QED) is 0.777. The Kier molecular flexibility index (Phi) is 3.37. The van der Waals surface area contributed by atoms with Gasteiger partial charge >= 0.3 is 0 Å². The minimum atomic E-state index is -0.212. The van der Waals surface area contributed by atoms with Gasteiger partial charge in [-0.1, -0.05) is 11.6 Å². The van der Waals surface area contributed by atoms with Crippen LogP contribution in [0.2, 0.25) is 5.02 Å². The van der Waals surface area contributed by atoms with Gasteiger partial charge in [0.15, 0.2) is 0 Å². The monoisotopic (exact) mass is 190 g/mol.